The molecule has 2 heterocycles. The van der Waals surface area contributed by atoms with Crippen molar-refractivity contribution in [3.05, 3.63) is 41.1 Å². The van der Waals surface area contributed by atoms with Gasteiger partial charge in [-0.2, -0.15) is 5.10 Å². The van der Waals surface area contributed by atoms with Gasteiger partial charge in [0.1, 0.15) is 11.9 Å². The molecule has 0 saturated heterocycles. The van der Waals surface area contributed by atoms with Gasteiger partial charge in [-0.1, -0.05) is 19.1 Å². The number of anilines is 2. The highest BCUT2D eigenvalue weighted by Crippen LogP contribution is 2.27. The summed E-state index contributed by atoms with van der Waals surface area (Å²) in [6.07, 6.45) is 0.897. The van der Waals surface area contributed by atoms with Crippen LogP contribution in [0.4, 0.5) is 11.5 Å². The lowest BCUT2D eigenvalue weighted by Gasteiger charge is -2.33. The van der Waals surface area contributed by atoms with Crippen LogP contribution in [0.1, 0.15) is 36.6 Å². The Hall–Kier alpha value is -2.63. The highest BCUT2D eigenvalue weighted by molar-refractivity contribution is 6.05. The summed E-state index contributed by atoms with van der Waals surface area (Å²) in [4.78, 5) is 27.1. The van der Waals surface area contributed by atoms with Crippen molar-refractivity contribution >= 4 is 23.3 Å². The van der Waals surface area contributed by atoms with E-state index in [1.165, 1.54) is 0 Å². The molecule has 25 heavy (non-hydrogen) atoms. The number of nitrogens with zero attached hydrogens (tertiary/aromatic N) is 3. The molecule has 6 heteroatoms. The van der Waals surface area contributed by atoms with Crippen LogP contribution in [-0.2, 0) is 16.1 Å². The summed E-state index contributed by atoms with van der Waals surface area (Å²) in [6, 6.07) is 7.26. The molecular formula is C19H24N4O2. The molecule has 3 rings (SSSR count). The second-order valence-electron chi connectivity index (χ2n) is 6.61. The number of benzene rings is 1. The molecule has 0 spiro atoms. The molecule has 1 aromatic carbocycles. The molecule has 2 amide bonds. The van der Waals surface area contributed by atoms with Crippen molar-refractivity contribution in [1.82, 2.24) is 9.78 Å². The van der Waals surface area contributed by atoms with Crippen LogP contribution in [0.5, 0.6) is 0 Å². The predicted molar refractivity (Wildman–Crippen MR) is 97.7 cm³/mol. The molecular weight excluding hydrogens is 316 g/mol. The van der Waals surface area contributed by atoms with Gasteiger partial charge in [-0.25, -0.2) is 4.68 Å². The molecule has 1 aromatic heterocycles. The minimum Gasteiger partial charge on any atom is -0.324 e. The van der Waals surface area contributed by atoms with E-state index in [1.54, 1.807) is 4.90 Å². The number of aromatic nitrogens is 2. The third-order valence-corrected chi connectivity index (χ3v) is 4.59. The molecule has 1 aliphatic rings. The zero-order valence-corrected chi connectivity index (χ0v) is 15.2. The lowest BCUT2D eigenvalue weighted by Crippen LogP contribution is -2.50. The van der Waals surface area contributed by atoms with Crippen LogP contribution in [0.15, 0.2) is 24.3 Å². The normalized spacial score (nSPS) is 15.0. The van der Waals surface area contributed by atoms with Crippen molar-refractivity contribution in [3.63, 3.8) is 0 Å². The summed E-state index contributed by atoms with van der Waals surface area (Å²) in [6.45, 7) is 8.32. The first-order chi connectivity index (χ1) is 11.9. The van der Waals surface area contributed by atoms with Crippen molar-refractivity contribution in [1.29, 1.82) is 0 Å². The van der Waals surface area contributed by atoms with Crippen molar-refractivity contribution in [2.24, 2.45) is 0 Å². The quantitative estimate of drug-likeness (QED) is 0.930. The number of aryl methyl sites for hydroxylation is 4. The minimum absolute atomic E-state index is 0.0321. The largest absolute Gasteiger partial charge is 0.324 e. The number of fused-ring (bicyclic) bond motifs is 1. The maximum absolute atomic E-state index is 12.9. The summed E-state index contributed by atoms with van der Waals surface area (Å²) in [7, 11) is 0. The van der Waals surface area contributed by atoms with Gasteiger partial charge in [0.25, 0.3) is 0 Å². The van der Waals surface area contributed by atoms with E-state index >= 15 is 0 Å². The van der Waals surface area contributed by atoms with Gasteiger partial charge >= 0.3 is 0 Å². The number of carbonyl (C=O) groups is 2. The lowest BCUT2D eigenvalue weighted by molar-refractivity contribution is -0.124. The van der Waals surface area contributed by atoms with Gasteiger partial charge < -0.3 is 5.32 Å². The number of hydrogen-bond acceptors (Lipinski definition) is 3. The van der Waals surface area contributed by atoms with Crippen molar-refractivity contribution in [2.45, 2.75) is 53.1 Å². The second kappa shape index (κ2) is 6.70. The van der Waals surface area contributed by atoms with Crippen LogP contribution >= 0.6 is 0 Å². The fraction of sp³-hybridized carbons (Fsp3) is 0.421. The SMILES string of the molecule is CCC(C(=O)Nc1cc(C)ccc1C)N1C(=O)CCn2nc(C)cc21. The van der Waals surface area contributed by atoms with Crippen molar-refractivity contribution in [2.75, 3.05) is 10.2 Å². The number of amides is 2. The molecule has 0 radical (unpaired) electrons. The molecule has 132 valence electrons. The Morgan fingerprint density at radius 2 is 2.04 bits per heavy atom. The van der Waals surface area contributed by atoms with E-state index in [-0.39, 0.29) is 11.8 Å². The Labute approximate surface area is 147 Å². The number of rotatable bonds is 4. The average Bonchev–Trinajstić information content (AvgIpc) is 2.94. The fourth-order valence-corrected chi connectivity index (χ4v) is 3.25. The first-order valence-corrected chi connectivity index (χ1v) is 8.65. The third kappa shape index (κ3) is 3.29. The van der Waals surface area contributed by atoms with Gasteiger partial charge in [-0.3, -0.25) is 14.5 Å². The Morgan fingerprint density at radius 1 is 1.28 bits per heavy atom. The maximum Gasteiger partial charge on any atom is 0.247 e. The van der Waals surface area contributed by atoms with Gasteiger partial charge in [0.05, 0.1) is 12.2 Å². The van der Waals surface area contributed by atoms with E-state index in [1.807, 2.05) is 56.6 Å². The van der Waals surface area contributed by atoms with Gasteiger partial charge in [-0.15, -0.1) is 0 Å². The van der Waals surface area contributed by atoms with E-state index in [0.717, 1.165) is 22.5 Å². The molecule has 0 fully saturated rings. The van der Waals surface area contributed by atoms with Crippen molar-refractivity contribution < 1.29 is 9.59 Å². The molecule has 0 aliphatic carbocycles. The first-order valence-electron chi connectivity index (χ1n) is 8.65. The van der Waals surface area contributed by atoms with Gasteiger partial charge in [0, 0.05) is 18.2 Å². The Bertz CT molecular complexity index is 825. The molecule has 0 saturated carbocycles. The van der Waals surface area contributed by atoms with Crippen LogP contribution < -0.4 is 10.2 Å². The Morgan fingerprint density at radius 3 is 2.76 bits per heavy atom. The minimum atomic E-state index is -0.553. The molecule has 1 unspecified atom stereocenters. The summed E-state index contributed by atoms with van der Waals surface area (Å²) in [5.41, 5.74) is 3.72. The highest BCUT2D eigenvalue weighted by Gasteiger charge is 2.35. The third-order valence-electron chi connectivity index (χ3n) is 4.59. The molecule has 1 N–H and O–H groups in total. The number of carbonyl (C=O) groups excluding carboxylic acids is 2. The molecule has 1 atom stereocenters. The van der Waals surface area contributed by atoms with Gasteiger partial charge in [0.15, 0.2) is 0 Å². The summed E-state index contributed by atoms with van der Waals surface area (Å²) >= 11 is 0. The topological polar surface area (TPSA) is 67.2 Å². The van der Waals surface area contributed by atoms with E-state index in [2.05, 4.69) is 10.4 Å². The monoisotopic (exact) mass is 340 g/mol. The zero-order chi connectivity index (χ0) is 18.1. The summed E-state index contributed by atoms with van der Waals surface area (Å²) < 4.78 is 1.81. The van der Waals surface area contributed by atoms with Crippen LogP contribution in [-0.4, -0.2) is 27.6 Å². The van der Waals surface area contributed by atoms with Gasteiger partial charge in [-0.05, 0) is 44.4 Å². The van der Waals surface area contributed by atoms with Crippen LogP contribution in [0.2, 0.25) is 0 Å². The molecule has 2 aromatic rings. The molecule has 6 nitrogen and oxygen atoms in total. The van der Waals surface area contributed by atoms with Gasteiger partial charge in [0.2, 0.25) is 11.8 Å². The average molecular weight is 340 g/mol. The van der Waals surface area contributed by atoms with Crippen LogP contribution in [0.25, 0.3) is 0 Å². The van der Waals surface area contributed by atoms with E-state index in [9.17, 15) is 9.59 Å². The second-order valence-corrected chi connectivity index (χ2v) is 6.61. The Balaban J connectivity index is 1.90. The van der Waals surface area contributed by atoms with E-state index < -0.39 is 6.04 Å². The standard InChI is InChI=1S/C19H24N4O2/c1-5-16(19(25)20-15-10-12(2)6-7-13(15)3)23-17-11-14(4)21-22(17)9-8-18(23)24/h6-7,10-11,16H,5,8-9H2,1-4H3,(H,20,25). The van der Waals surface area contributed by atoms with Crippen molar-refractivity contribution in [3.8, 4) is 0 Å². The van der Waals surface area contributed by atoms with Crippen LogP contribution in [0.3, 0.4) is 0 Å². The highest BCUT2D eigenvalue weighted by atomic mass is 16.2. The summed E-state index contributed by atoms with van der Waals surface area (Å²) in [5.74, 6) is 0.504. The van der Waals surface area contributed by atoms with Crippen LogP contribution in [0, 0.1) is 20.8 Å². The van der Waals surface area contributed by atoms with E-state index in [4.69, 9.17) is 0 Å². The lowest BCUT2D eigenvalue weighted by atomic mass is 10.1. The fourth-order valence-electron chi connectivity index (χ4n) is 3.25. The molecule has 0 bridgehead atoms. The first kappa shape index (κ1) is 17.2. The number of nitrogens with one attached hydrogen (secondary N) is 1. The smallest absolute Gasteiger partial charge is 0.247 e. The zero-order valence-electron chi connectivity index (χ0n) is 15.2. The number of hydrogen-bond donors (Lipinski definition) is 1. The molecule has 1 aliphatic heterocycles. The van der Waals surface area contributed by atoms with E-state index in [0.29, 0.717) is 25.2 Å². The maximum atomic E-state index is 12.9. The Kier molecular flexibility index (Phi) is 4.61. The summed E-state index contributed by atoms with van der Waals surface area (Å²) in [5, 5.41) is 7.41. The predicted octanol–water partition coefficient (Wildman–Crippen LogP) is 2.96.